The number of nitrogens with zero attached hydrogens (tertiary/aromatic N) is 6. The first-order valence-corrected chi connectivity index (χ1v) is 14.6. The fraction of sp³-hybridized carbons (Fsp3) is 0.0714. The Labute approximate surface area is 247 Å². The van der Waals surface area contributed by atoms with Gasteiger partial charge in [0.1, 0.15) is 10.1 Å². The summed E-state index contributed by atoms with van der Waals surface area (Å²) in [5, 5.41) is 28.4. The molecule has 3 aromatic carbocycles. The third kappa shape index (κ3) is 6.62. The van der Waals surface area contributed by atoms with E-state index in [1.807, 2.05) is 72.8 Å². The van der Waals surface area contributed by atoms with Crippen LogP contribution in [0.4, 0.5) is 11.4 Å². The molecule has 0 fully saturated rings. The van der Waals surface area contributed by atoms with E-state index in [-0.39, 0.29) is 23.3 Å². The number of nitrogens with one attached hydrogen (secondary N) is 4. The van der Waals surface area contributed by atoms with Gasteiger partial charge in [0.2, 0.25) is 11.8 Å². The van der Waals surface area contributed by atoms with Gasteiger partial charge in [0.25, 0.3) is 0 Å². The van der Waals surface area contributed by atoms with Gasteiger partial charge in [0.05, 0.1) is 35.1 Å². The lowest BCUT2D eigenvalue weighted by atomic mass is 10.0. The summed E-state index contributed by atoms with van der Waals surface area (Å²) in [6, 6.07) is 22.8. The van der Waals surface area contributed by atoms with Crippen LogP contribution < -0.4 is 10.6 Å². The summed E-state index contributed by atoms with van der Waals surface area (Å²) >= 11 is 2.59. The number of hydrogen-bond donors (Lipinski definition) is 4. The molecule has 0 aliphatic rings. The molecule has 3 heterocycles. The zero-order valence-electron chi connectivity index (χ0n) is 21.8. The summed E-state index contributed by atoms with van der Waals surface area (Å²) in [5.74, 6) is 0.642. The van der Waals surface area contributed by atoms with Gasteiger partial charge < -0.3 is 10.6 Å². The van der Waals surface area contributed by atoms with Crippen LogP contribution in [-0.2, 0) is 9.59 Å². The van der Waals surface area contributed by atoms with E-state index >= 15 is 0 Å². The van der Waals surface area contributed by atoms with Crippen molar-refractivity contribution in [1.82, 2.24) is 40.8 Å². The van der Waals surface area contributed by atoms with E-state index in [0.717, 1.165) is 27.7 Å². The van der Waals surface area contributed by atoms with Crippen LogP contribution in [0, 0.1) is 0 Å². The summed E-state index contributed by atoms with van der Waals surface area (Å²) in [6.07, 6.45) is 3.14. The maximum atomic E-state index is 12.6. The van der Waals surface area contributed by atoms with Crippen molar-refractivity contribution in [3.63, 3.8) is 0 Å². The van der Waals surface area contributed by atoms with E-state index < -0.39 is 0 Å². The van der Waals surface area contributed by atoms with E-state index in [0.29, 0.717) is 27.3 Å². The molecule has 42 heavy (non-hydrogen) atoms. The van der Waals surface area contributed by atoms with Gasteiger partial charge in [-0.1, -0.05) is 53.9 Å². The second kappa shape index (κ2) is 12.6. The van der Waals surface area contributed by atoms with Gasteiger partial charge >= 0.3 is 0 Å². The van der Waals surface area contributed by atoms with Crippen LogP contribution in [0.2, 0.25) is 0 Å². The van der Waals surface area contributed by atoms with Crippen LogP contribution in [-0.4, -0.2) is 64.1 Å². The van der Waals surface area contributed by atoms with Gasteiger partial charge in [-0.3, -0.25) is 9.59 Å². The summed E-state index contributed by atoms with van der Waals surface area (Å²) in [5.41, 5.74) is 4.50. The monoisotopic (exact) mass is 594 g/mol. The molecule has 0 spiro atoms. The summed E-state index contributed by atoms with van der Waals surface area (Å²) < 4.78 is 0. The van der Waals surface area contributed by atoms with Crippen molar-refractivity contribution >= 4 is 57.6 Å². The van der Waals surface area contributed by atoms with Crippen LogP contribution in [0.15, 0.2) is 95.2 Å². The van der Waals surface area contributed by atoms with Crippen molar-refractivity contribution in [3.8, 4) is 22.6 Å². The number of fused-ring (bicyclic) bond motifs is 1. The van der Waals surface area contributed by atoms with E-state index in [9.17, 15) is 9.59 Å². The van der Waals surface area contributed by atoms with Gasteiger partial charge in [-0.2, -0.15) is 20.6 Å². The van der Waals surface area contributed by atoms with Crippen molar-refractivity contribution in [1.29, 1.82) is 0 Å². The fourth-order valence-electron chi connectivity index (χ4n) is 4.05. The van der Waals surface area contributed by atoms with E-state index in [1.165, 1.54) is 23.5 Å². The lowest BCUT2D eigenvalue weighted by molar-refractivity contribution is -0.114. The molecule has 0 aliphatic carbocycles. The van der Waals surface area contributed by atoms with Crippen LogP contribution >= 0.6 is 23.5 Å². The number of carbonyl (C=O) groups excluding carboxylic acids is 2. The average molecular weight is 595 g/mol. The fourth-order valence-corrected chi connectivity index (χ4v) is 5.22. The van der Waals surface area contributed by atoms with E-state index in [2.05, 4.69) is 41.5 Å². The molecule has 6 aromatic rings. The van der Waals surface area contributed by atoms with Crippen LogP contribution in [0.5, 0.6) is 0 Å². The van der Waals surface area contributed by atoms with Crippen molar-refractivity contribution in [2.75, 3.05) is 22.1 Å². The highest BCUT2D eigenvalue weighted by Gasteiger charge is 2.14. The number of carbonyl (C=O) groups is 2. The lowest BCUT2D eigenvalue weighted by Crippen LogP contribution is -2.14. The molecule has 208 valence electrons. The Balaban J connectivity index is 1.22. The Bertz CT molecular complexity index is 1810. The summed E-state index contributed by atoms with van der Waals surface area (Å²) in [6.45, 7) is 0. The zero-order valence-corrected chi connectivity index (χ0v) is 23.4. The second-order valence-electron chi connectivity index (χ2n) is 8.86. The number of benzene rings is 3. The first-order chi connectivity index (χ1) is 20.6. The molecular weight excluding hydrogens is 573 g/mol. The number of H-pyrrole nitrogens is 2. The van der Waals surface area contributed by atoms with Crippen molar-refractivity contribution in [2.24, 2.45) is 0 Å². The van der Waals surface area contributed by atoms with Crippen molar-refractivity contribution < 1.29 is 9.59 Å². The minimum absolute atomic E-state index is 0.149. The molecule has 0 unspecified atom stereocenters. The van der Waals surface area contributed by atoms with Gasteiger partial charge in [0, 0.05) is 27.9 Å². The Morgan fingerprint density at radius 2 is 1.31 bits per heavy atom. The molecule has 6 rings (SSSR count). The van der Waals surface area contributed by atoms with E-state index in [1.54, 1.807) is 12.4 Å². The second-order valence-corrected chi connectivity index (χ2v) is 10.9. The van der Waals surface area contributed by atoms with Crippen LogP contribution in [0.1, 0.15) is 0 Å². The van der Waals surface area contributed by atoms with Crippen molar-refractivity contribution in [3.05, 3.63) is 85.2 Å². The van der Waals surface area contributed by atoms with Crippen LogP contribution in [0.25, 0.3) is 33.5 Å². The molecule has 0 saturated carbocycles. The topological polar surface area (TPSA) is 167 Å². The summed E-state index contributed by atoms with van der Waals surface area (Å²) in [7, 11) is 0. The molecule has 0 saturated heterocycles. The number of thioether (sulfide) groups is 2. The Kier molecular flexibility index (Phi) is 8.14. The quantitative estimate of drug-likeness (QED) is 0.164. The zero-order chi connectivity index (χ0) is 28.7. The molecule has 4 N–H and O–H groups in total. The third-order valence-corrected chi connectivity index (χ3v) is 7.74. The van der Waals surface area contributed by atoms with Crippen molar-refractivity contribution in [2.45, 2.75) is 10.1 Å². The third-order valence-electron chi connectivity index (χ3n) is 5.94. The van der Waals surface area contributed by atoms with Crippen LogP contribution in [0.3, 0.4) is 0 Å². The first-order valence-electron chi connectivity index (χ1n) is 12.7. The van der Waals surface area contributed by atoms with Gasteiger partial charge in [-0.05, 0) is 42.5 Å². The molecular formula is C28H22N10O2S2. The molecule has 0 aliphatic heterocycles. The molecule has 2 amide bonds. The predicted molar refractivity (Wildman–Crippen MR) is 162 cm³/mol. The number of anilines is 2. The SMILES string of the molecule is O=C(CSc1cn[nH]n1)Nc1ccc(-c2nc(-c3ccccc3)c3cc(NC(=O)CSc4cn[nH]n4)ccc3n2)cc1. The van der Waals surface area contributed by atoms with E-state index in [4.69, 9.17) is 9.97 Å². The molecule has 14 heteroatoms. The minimum atomic E-state index is -0.162. The molecule has 0 atom stereocenters. The smallest absolute Gasteiger partial charge is 0.234 e. The Hall–Kier alpha value is -5.08. The standard InChI is InChI=1S/C28H22N10O2S2/c39-23(15-41-25-13-29-37-35-25)31-19-8-6-18(7-9-19)28-33-22-11-10-20(32-24(40)16-42-26-14-30-38-36-26)12-21(22)27(34-28)17-4-2-1-3-5-17/h1-14H,15-16H2,(H,31,39)(H,32,40)(H,29,35,37)(H,30,36,38). The van der Waals surface area contributed by atoms with Gasteiger partial charge in [-0.25, -0.2) is 9.97 Å². The lowest BCUT2D eigenvalue weighted by Gasteiger charge is -2.12. The number of hydrogen-bond acceptors (Lipinski definition) is 10. The highest BCUT2D eigenvalue weighted by atomic mass is 32.2. The maximum absolute atomic E-state index is 12.6. The molecule has 0 radical (unpaired) electrons. The number of aromatic amines is 2. The number of aromatic nitrogens is 8. The molecule has 0 bridgehead atoms. The van der Waals surface area contributed by atoms with Gasteiger partial charge in [-0.15, -0.1) is 10.2 Å². The maximum Gasteiger partial charge on any atom is 0.234 e. The molecule has 12 nitrogen and oxygen atoms in total. The highest BCUT2D eigenvalue weighted by molar-refractivity contribution is 8.00. The largest absolute Gasteiger partial charge is 0.325 e. The predicted octanol–water partition coefficient (Wildman–Crippen LogP) is 4.66. The first kappa shape index (κ1) is 27.1. The average Bonchev–Trinajstić information content (AvgIpc) is 3.74. The van der Waals surface area contributed by atoms with Gasteiger partial charge in [0.15, 0.2) is 5.82 Å². The highest BCUT2D eigenvalue weighted by Crippen LogP contribution is 2.31. The number of rotatable bonds is 10. The normalized spacial score (nSPS) is 11.0. The number of amides is 2. The Morgan fingerprint density at radius 1 is 0.690 bits per heavy atom. The Morgan fingerprint density at radius 3 is 1.93 bits per heavy atom. The minimum Gasteiger partial charge on any atom is -0.325 e. The summed E-state index contributed by atoms with van der Waals surface area (Å²) in [4.78, 5) is 34.7. The molecule has 3 aromatic heterocycles.